The molecular formula is C8H11N3S2. The second kappa shape index (κ2) is 3.13. The number of hydrogen-bond acceptors (Lipinski definition) is 5. The van der Waals surface area contributed by atoms with Crippen LogP contribution in [0.2, 0.25) is 0 Å². The fourth-order valence-corrected chi connectivity index (χ4v) is 3.18. The quantitative estimate of drug-likeness (QED) is 0.833. The van der Waals surface area contributed by atoms with E-state index in [1.54, 1.807) is 11.3 Å². The third-order valence-electron chi connectivity index (χ3n) is 2.10. The molecule has 3 rings (SSSR count). The zero-order valence-corrected chi connectivity index (χ0v) is 8.83. The zero-order chi connectivity index (χ0) is 8.67. The third kappa shape index (κ3) is 2.14. The summed E-state index contributed by atoms with van der Waals surface area (Å²) < 4.78 is 1.13. The van der Waals surface area contributed by atoms with E-state index in [4.69, 9.17) is 0 Å². The van der Waals surface area contributed by atoms with Crippen LogP contribution in [0, 0.1) is 0 Å². The minimum absolute atomic E-state index is 0.687. The lowest BCUT2D eigenvalue weighted by Gasteiger charge is -1.93. The van der Waals surface area contributed by atoms with Gasteiger partial charge in [0.05, 0.1) is 0 Å². The molecule has 0 aromatic carbocycles. The largest absolute Gasteiger partial charge is 0.357 e. The molecule has 0 bridgehead atoms. The molecule has 1 N–H and O–H groups in total. The SMILES string of the molecule is C1CC1Nc1nnc(SC2CC2)s1. The molecule has 0 aliphatic heterocycles. The Morgan fingerprint density at radius 2 is 2.08 bits per heavy atom. The summed E-state index contributed by atoms with van der Waals surface area (Å²) >= 11 is 3.58. The molecule has 1 aromatic rings. The number of anilines is 1. The van der Waals surface area contributed by atoms with Gasteiger partial charge in [0, 0.05) is 11.3 Å². The molecule has 0 saturated heterocycles. The van der Waals surface area contributed by atoms with Gasteiger partial charge in [0.2, 0.25) is 5.13 Å². The van der Waals surface area contributed by atoms with Gasteiger partial charge in [0.25, 0.3) is 0 Å². The summed E-state index contributed by atoms with van der Waals surface area (Å²) in [5, 5.41) is 13.5. The summed E-state index contributed by atoms with van der Waals surface area (Å²) in [5.74, 6) is 0. The second-order valence-corrected chi connectivity index (χ2v) is 6.13. The maximum atomic E-state index is 4.15. The number of thioether (sulfide) groups is 1. The minimum Gasteiger partial charge on any atom is -0.357 e. The van der Waals surface area contributed by atoms with E-state index in [1.165, 1.54) is 25.7 Å². The molecule has 0 amide bonds. The van der Waals surface area contributed by atoms with E-state index < -0.39 is 0 Å². The Morgan fingerprint density at radius 1 is 1.23 bits per heavy atom. The molecular weight excluding hydrogens is 202 g/mol. The molecule has 1 heterocycles. The van der Waals surface area contributed by atoms with Crippen LogP contribution in [0.15, 0.2) is 4.34 Å². The molecule has 0 spiro atoms. The summed E-state index contributed by atoms with van der Waals surface area (Å²) in [6, 6.07) is 0.687. The van der Waals surface area contributed by atoms with Gasteiger partial charge in [0.15, 0.2) is 4.34 Å². The summed E-state index contributed by atoms with van der Waals surface area (Å²) in [7, 11) is 0. The van der Waals surface area contributed by atoms with Gasteiger partial charge < -0.3 is 5.32 Å². The number of hydrogen-bond donors (Lipinski definition) is 1. The molecule has 0 unspecified atom stereocenters. The third-order valence-corrected chi connectivity index (χ3v) is 4.38. The molecule has 3 nitrogen and oxygen atoms in total. The van der Waals surface area contributed by atoms with Crippen LogP contribution >= 0.6 is 23.1 Å². The van der Waals surface area contributed by atoms with Gasteiger partial charge in [-0.2, -0.15) is 0 Å². The lowest BCUT2D eigenvalue weighted by Crippen LogP contribution is -1.99. The van der Waals surface area contributed by atoms with Crippen molar-refractivity contribution in [2.24, 2.45) is 0 Å². The predicted octanol–water partition coefficient (Wildman–Crippen LogP) is 2.37. The van der Waals surface area contributed by atoms with E-state index in [1.807, 2.05) is 11.8 Å². The standard InChI is InChI=1S/C8H11N3S2/c1-2-5(1)9-7-10-11-8(13-7)12-6-3-4-6/h5-6H,1-4H2,(H,9,10). The van der Waals surface area contributed by atoms with Crippen molar-refractivity contribution in [3.05, 3.63) is 0 Å². The van der Waals surface area contributed by atoms with Crippen LogP contribution in [0.3, 0.4) is 0 Å². The van der Waals surface area contributed by atoms with Crippen LogP contribution in [-0.2, 0) is 0 Å². The van der Waals surface area contributed by atoms with Crippen LogP contribution < -0.4 is 5.32 Å². The Kier molecular flexibility index (Phi) is 1.94. The van der Waals surface area contributed by atoms with Crippen molar-refractivity contribution < 1.29 is 0 Å². The van der Waals surface area contributed by atoms with Gasteiger partial charge in [-0.05, 0) is 25.7 Å². The Morgan fingerprint density at radius 3 is 2.77 bits per heavy atom. The molecule has 1 aromatic heterocycles. The average molecular weight is 213 g/mol. The Hall–Kier alpha value is -0.290. The van der Waals surface area contributed by atoms with Gasteiger partial charge >= 0.3 is 0 Å². The first-order chi connectivity index (χ1) is 6.40. The molecule has 0 radical (unpaired) electrons. The Balaban J connectivity index is 1.62. The van der Waals surface area contributed by atoms with E-state index in [9.17, 15) is 0 Å². The molecule has 0 atom stereocenters. The van der Waals surface area contributed by atoms with Crippen molar-refractivity contribution in [1.82, 2.24) is 10.2 Å². The smallest absolute Gasteiger partial charge is 0.206 e. The highest BCUT2D eigenvalue weighted by Gasteiger charge is 2.26. The predicted molar refractivity (Wildman–Crippen MR) is 55.4 cm³/mol. The fraction of sp³-hybridized carbons (Fsp3) is 0.750. The van der Waals surface area contributed by atoms with Crippen molar-refractivity contribution in [1.29, 1.82) is 0 Å². The van der Waals surface area contributed by atoms with Gasteiger partial charge in [0.1, 0.15) is 0 Å². The van der Waals surface area contributed by atoms with Crippen molar-refractivity contribution in [3.63, 3.8) is 0 Å². The van der Waals surface area contributed by atoms with Gasteiger partial charge in [-0.3, -0.25) is 0 Å². The lowest BCUT2D eigenvalue weighted by atomic mass is 10.7. The molecule has 5 heteroatoms. The first kappa shape index (κ1) is 8.05. The first-order valence-electron chi connectivity index (χ1n) is 4.67. The average Bonchev–Trinajstić information content (AvgIpc) is 2.96. The van der Waals surface area contributed by atoms with Crippen LogP contribution in [0.1, 0.15) is 25.7 Å². The van der Waals surface area contributed by atoms with E-state index in [0.29, 0.717) is 6.04 Å². The maximum absolute atomic E-state index is 4.15. The lowest BCUT2D eigenvalue weighted by molar-refractivity contribution is 0.994. The van der Waals surface area contributed by atoms with Gasteiger partial charge in [-0.25, -0.2) is 0 Å². The summed E-state index contributed by atoms with van der Waals surface area (Å²) in [4.78, 5) is 0. The first-order valence-corrected chi connectivity index (χ1v) is 6.36. The van der Waals surface area contributed by atoms with E-state index in [0.717, 1.165) is 14.7 Å². The van der Waals surface area contributed by atoms with Crippen molar-refractivity contribution >= 4 is 28.2 Å². The molecule has 13 heavy (non-hydrogen) atoms. The number of rotatable bonds is 4. The highest BCUT2D eigenvalue weighted by atomic mass is 32.2. The van der Waals surface area contributed by atoms with Crippen LogP contribution in [-0.4, -0.2) is 21.5 Å². The highest BCUT2D eigenvalue weighted by molar-refractivity contribution is 8.01. The number of nitrogens with zero attached hydrogens (tertiary/aromatic N) is 2. The van der Waals surface area contributed by atoms with Crippen LogP contribution in [0.4, 0.5) is 5.13 Å². The van der Waals surface area contributed by atoms with Crippen molar-refractivity contribution in [2.75, 3.05) is 5.32 Å². The van der Waals surface area contributed by atoms with E-state index in [-0.39, 0.29) is 0 Å². The van der Waals surface area contributed by atoms with E-state index >= 15 is 0 Å². The normalized spacial score (nSPS) is 21.8. The summed E-state index contributed by atoms with van der Waals surface area (Å²) in [6.07, 6.45) is 5.31. The zero-order valence-electron chi connectivity index (χ0n) is 7.19. The molecule has 2 saturated carbocycles. The van der Waals surface area contributed by atoms with Gasteiger partial charge in [-0.1, -0.05) is 23.1 Å². The Bertz CT molecular complexity index is 276. The summed E-state index contributed by atoms with van der Waals surface area (Å²) in [6.45, 7) is 0. The summed E-state index contributed by atoms with van der Waals surface area (Å²) in [5.41, 5.74) is 0. The number of nitrogens with one attached hydrogen (secondary N) is 1. The second-order valence-electron chi connectivity index (χ2n) is 3.61. The number of aromatic nitrogens is 2. The fourth-order valence-electron chi connectivity index (χ4n) is 1.05. The van der Waals surface area contributed by atoms with Crippen LogP contribution in [0.25, 0.3) is 0 Å². The Labute approximate surface area is 85.3 Å². The molecule has 2 fully saturated rings. The van der Waals surface area contributed by atoms with Crippen LogP contribution in [0.5, 0.6) is 0 Å². The van der Waals surface area contributed by atoms with Gasteiger partial charge in [-0.15, -0.1) is 10.2 Å². The van der Waals surface area contributed by atoms with Crippen molar-refractivity contribution in [2.45, 2.75) is 41.3 Å². The van der Waals surface area contributed by atoms with Crippen molar-refractivity contribution in [3.8, 4) is 0 Å². The molecule has 2 aliphatic carbocycles. The molecule has 2 aliphatic rings. The minimum atomic E-state index is 0.687. The van der Waals surface area contributed by atoms with E-state index in [2.05, 4.69) is 15.5 Å². The monoisotopic (exact) mass is 213 g/mol. The topological polar surface area (TPSA) is 37.8 Å². The highest BCUT2D eigenvalue weighted by Crippen LogP contribution is 2.41. The molecule has 70 valence electrons. The maximum Gasteiger partial charge on any atom is 0.206 e.